The highest BCUT2D eigenvalue weighted by Gasteiger charge is 2.32. The Morgan fingerprint density at radius 2 is 1.71 bits per heavy atom. The van der Waals surface area contributed by atoms with Gasteiger partial charge in [-0.2, -0.15) is 0 Å². The molecular weight excluding hydrogens is 256 g/mol. The molecule has 2 unspecified atom stereocenters. The van der Waals surface area contributed by atoms with Crippen LogP contribution in [0.15, 0.2) is 30.3 Å². The van der Waals surface area contributed by atoms with Crippen LogP contribution in [0.4, 0.5) is 0 Å². The van der Waals surface area contributed by atoms with Gasteiger partial charge in [0.2, 0.25) is 0 Å². The van der Waals surface area contributed by atoms with Crippen molar-refractivity contribution in [1.82, 2.24) is 4.90 Å². The lowest BCUT2D eigenvalue weighted by atomic mass is 9.80. The monoisotopic (exact) mass is 286 g/mol. The Morgan fingerprint density at radius 3 is 2.38 bits per heavy atom. The van der Waals surface area contributed by atoms with E-state index < -0.39 is 0 Å². The number of hydrogen-bond donors (Lipinski definition) is 1. The second kappa shape index (κ2) is 6.93. The van der Waals surface area contributed by atoms with E-state index in [-0.39, 0.29) is 0 Å². The van der Waals surface area contributed by atoms with Gasteiger partial charge in [-0.3, -0.25) is 4.90 Å². The first-order valence-corrected chi connectivity index (χ1v) is 8.78. The zero-order valence-corrected chi connectivity index (χ0v) is 13.4. The molecule has 2 fully saturated rings. The van der Waals surface area contributed by atoms with Gasteiger partial charge in [0.05, 0.1) is 0 Å². The van der Waals surface area contributed by atoms with Crippen LogP contribution in [-0.4, -0.2) is 30.1 Å². The summed E-state index contributed by atoms with van der Waals surface area (Å²) in [6.45, 7) is 4.51. The van der Waals surface area contributed by atoms with Gasteiger partial charge in [-0.25, -0.2) is 0 Å². The molecule has 0 aromatic heterocycles. The molecule has 2 nitrogen and oxygen atoms in total. The van der Waals surface area contributed by atoms with Gasteiger partial charge in [-0.15, -0.1) is 0 Å². The molecule has 1 aliphatic heterocycles. The largest absolute Gasteiger partial charge is 0.330 e. The molecule has 3 rings (SSSR count). The second-order valence-electron chi connectivity index (χ2n) is 7.14. The molecule has 116 valence electrons. The Labute approximate surface area is 129 Å². The number of hydrogen-bond acceptors (Lipinski definition) is 2. The van der Waals surface area contributed by atoms with Crippen LogP contribution >= 0.6 is 0 Å². The molecule has 1 heterocycles. The Morgan fingerprint density at radius 1 is 1.00 bits per heavy atom. The van der Waals surface area contributed by atoms with Gasteiger partial charge in [-0.05, 0) is 69.4 Å². The van der Waals surface area contributed by atoms with Gasteiger partial charge in [0.1, 0.15) is 0 Å². The predicted octanol–water partition coefficient (Wildman–Crippen LogP) is 3.77. The molecule has 2 heteroatoms. The summed E-state index contributed by atoms with van der Waals surface area (Å²) < 4.78 is 0. The second-order valence-corrected chi connectivity index (χ2v) is 7.14. The maximum absolute atomic E-state index is 5.91. The molecule has 0 amide bonds. The zero-order chi connectivity index (χ0) is 14.7. The third-order valence-electron chi connectivity index (χ3n) is 5.80. The van der Waals surface area contributed by atoms with E-state index in [1.54, 1.807) is 5.56 Å². The van der Waals surface area contributed by atoms with Crippen molar-refractivity contribution in [1.29, 1.82) is 0 Å². The molecule has 0 spiro atoms. The minimum absolute atomic E-state index is 0.730. The molecule has 1 aromatic carbocycles. The molecule has 0 radical (unpaired) electrons. The van der Waals surface area contributed by atoms with Crippen LogP contribution in [-0.2, 0) is 0 Å². The third kappa shape index (κ3) is 3.49. The first kappa shape index (κ1) is 15.1. The van der Waals surface area contributed by atoms with Crippen molar-refractivity contribution in [2.75, 3.05) is 13.1 Å². The summed E-state index contributed by atoms with van der Waals surface area (Å²) in [5.41, 5.74) is 7.46. The SMILES string of the molecule is CC1CCC(CN)CN1C1CCC(c2ccccc2)CC1. The number of piperidine rings is 1. The number of likely N-dealkylation sites (tertiary alicyclic amines) is 1. The van der Waals surface area contributed by atoms with E-state index in [1.165, 1.54) is 45.1 Å². The van der Waals surface area contributed by atoms with Gasteiger partial charge in [-0.1, -0.05) is 30.3 Å². The molecule has 1 saturated heterocycles. The van der Waals surface area contributed by atoms with E-state index >= 15 is 0 Å². The number of nitrogens with zero attached hydrogens (tertiary/aromatic N) is 1. The Kier molecular flexibility index (Phi) is 4.97. The first-order chi connectivity index (χ1) is 10.3. The number of benzene rings is 1. The van der Waals surface area contributed by atoms with Crippen molar-refractivity contribution in [3.63, 3.8) is 0 Å². The average Bonchev–Trinajstić information content (AvgIpc) is 2.56. The summed E-state index contributed by atoms with van der Waals surface area (Å²) in [6, 6.07) is 12.6. The van der Waals surface area contributed by atoms with Crippen molar-refractivity contribution in [3.8, 4) is 0 Å². The highest BCUT2D eigenvalue weighted by atomic mass is 15.2. The third-order valence-corrected chi connectivity index (χ3v) is 5.80. The summed E-state index contributed by atoms with van der Waals surface area (Å²) in [6.07, 6.45) is 8.09. The number of nitrogens with two attached hydrogens (primary N) is 1. The lowest BCUT2D eigenvalue weighted by Gasteiger charge is -2.45. The highest BCUT2D eigenvalue weighted by molar-refractivity contribution is 5.20. The van der Waals surface area contributed by atoms with Gasteiger partial charge >= 0.3 is 0 Å². The van der Waals surface area contributed by atoms with Crippen molar-refractivity contribution in [2.24, 2.45) is 11.7 Å². The molecule has 2 aliphatic rings. The summed E-state index contributed by atoms with van der Waals surface area (Å²) in [4.78, 5) is 2.78. The van der Waals surface area contributed by atoms with Crippen LogP contribution in [0.25, 0.3) is 0 Å². The molecule has 21 heavy (non-hydrogen) atoms. The maximum atomic E-state index is 5.91. The van der Waals surface area contributed by atoms with E-state index in [4.69, 9.17) is 5.73 Å². The zero-order valence-electron chi connectivity index (χ0n) is 13.4. The topological polar surface area (TPSA) is 29.3 Å². The fourth-order valence-corrected chi connectivity index (χ4v) is 4.38. The molecule has 2 N–H and O–H groups in total. The summed E-state index contributed by atoms with van der Waals surface area (Å²) in [7, 11) is 0. The number of rotatable bonds is 3. The molecule has 1 aromatic rings. The summed E-state index contributed by atoms with van der Waals surface area (Å²) in [5, 5.41) is 0. The van der Waals surface area contributed by atoms with E-state index in [0.717, 1.165) is 30.5 Å². The maximum Gasteiger partial charge on any atom is 0.00986 e. The summed E-state index contributed by atoms with van der Waals surface area (Å²) >= 11 is 0. The average molecular weight is 286 g/mol. The molecular formula is C19H30N2. The standard InChI is InChI=1S/C19H30N2/c1-15-7-8-16(13-20)14-21(15)19-11-9-18(10-12-19)17-5-3-2-4-6-17/h2-6,15-16,18-19H,7-14,20H2,1H3. The minimum atomic E-state index is 0.730. The predicted molar refractivity (Wildman–Crippen MR) is 89.4 cm³/mol. The lowest BCUT2D eigenvalue weighted by Crippen LogP contribution is -2.50. The fraction of sp³-hybridized carbons (Fsp3) is 0.684. The van der Waals surface area contributed by atoms with Crippen LogP contribution in [0.1, 0.15) is 56.9 Å². The minimum Gasteiger partial charge on any atom is -0.330 e. The Hall–Kier alpha value is -0.860. The molecule has 2 atom stereocenters. The molecule has 1 aliphatic carbocycles. The highest BCUT2D eigenvalue weighted by Crippen LogP contribution is 2.37. The van der Waals surface area contributed by atoms with E-state index in [2.05, 4.69) is 42.2 Å². The van der Waals surface area contributed by atoms with Gasteiger partial charge in [0, 0.05) is 18.6 Å². The smallest absolute Gasteiger partial charge is 0.00986 e. The normalized spacial score (nSPS) is 34.8. The van der Waals surface area contributed by atoms with Crippen LogP contribution in [0, 0.1) is 5.92 Å². The summed E-state index contributed by atoms with van der Waals surface area (Å²) in [5.74, 6) is 1.51. The molecule has 0 bridgehead atoms. The van der Waals surface area contributed by atoms with Crippen molar-refractivity contribution in [2.45, 2.75) is 63.5 Å². The molecule has 1 saturated carbocycles. The van der Waals surface area contributed by atoms with Crippen LogP contribution in [0.3, 0.4) is 0 Å². The first-order valence-electron chi connectivity index (χ1n) is 8.78. The fourth-order valence-electron chi connectivity index (χ4n) is 4.38. The van der Waals surface area contributed by atoms with Gasteiger partial charge in [0.25, 0.3) is 0 Å². The van der Waals surface area contributed by atoms with Crippen molar-refractivity contribution in [3.05, 3.63) is 35.9 Å². The van der Waals surface area contributed by atoms with E-state index in [9.17, 15) is 0 Å². The van der Waals surface area contributed by atoms with Crippen molar-refractivity contribution >= 4 is 0 Å². The van der Waals surface area contributed by atoms with Gasteiger partial charge in [0.15, 0.2) is 0 Å². The Balaban J connectivity index is 1.57. The van der Waals surface area contributed by atoms with Crippen LogP contribution < -0.4 is 5.73 Å². The van der Waals surface area contributed by atoms with Crippen molar-refractivity contribution < 1.29 is 0 Å². The van der Waals surface area contributed by atoms with Gasteiger partial charge < -0.3 is 5.73 Å². The lowest BCUT2D eigenvalue weighted by molar-refractivity contribution is 0.0525. The van der Waals surface area contributed by atoms with E-state index in [1.807, 2.05) is 0 Å². The van der Waals surface area contributed by atoms with E-state index in [0.29, 0.717) is 0 Å². The van der Waals surface area contributed by atoms with Crippen LogP contribution in [0.2, 0.25) is 0 Å². The quantitative estimate of drug-likeness (QED) is 0.916. The van der Waals surface area contributed by atoms with Crippen LogP contribution in [0.5, 0.6) is 0 Å². The Bertz CT molecular complexity index is 422.